The van der Waals surface area contributed by atoms with Crippen LogP contribution in [-0.2, 0) is 14.3 Å². The van der Waals surface area contributed by atoms with E-state index in [1.54, 1.807) is 0 Å². The maximum Gasteiger partial charge on any atom is 0.279 e. The molecule has 0 bridgehead atoms. The lowest BCUT2D eigenvalue weighted by Crippen LogP contribution is -3.28. The van der Waals surface area contributed by atoms with E-state index < -0.39 is 0 Å². The van der Waals surface area contributed by atoms with E-state index in [0.29, 0.717) is 39.4 Å². The number of carbonyl (C=O) groups is 2. The van der Waals surface area contributed by atoms with Crippen LogP contribution in [0.3, 0.4) is 0 Å². The van der Waals surface area contributed by atoms with Gasteiger partial charge in [-0.1, -0.05) is 0 Å². The molecule has 8 nitrogen and oxygen atoms in total. The highest BCUT2D eigenvalue weighted by Gasteiger charge is 2.28. The fraction of sp³-hybridized carbons (Fsp3) is 0.636. The third-order valence-electron chi connectivity index (χ3n) is 6.46. The molecule has 4 rings (SSSR count). The van der Waals surface area contributed by atoms with E-state index in [1.807, 2.05) is 17.0 Å². The van der Waals surface area contributed by atoms with Crippen LogP contribution in [0.4, 0.5) is 11.4 Å². The molecule has 3 aliphatic heterocycles. The summed E-state index contributed by atoms with van der Waals surface area (Å²) >= 11 is 0. The Morgan fingerprint density at radius 1 is 0.867 bits per heavy atom. The Balaban J connectivity index is 1.16. The summed E-state index contributed by atoms with van der Waals surface area (Å²) < 4.78 is 5.32. The number of anilines is 2. The van der Waals surface area contributed by atoms with E-state index in [9.17, 15) is 9.59 Å². The summed E-state index contributed by atoms with van der Waals surface area (Å²) in [6.07, 6.45) is 2.52. The number of hydrogen-bond donors (Lipinski definition) is 3. The molecule has 164 valence electrons. The zero-order valence-corrected chi connectivity index (χ0v) is 17.8. The second-order valence-corrected chi connectivity index (χ2v) is 8.64. The number of carbonyl (C=O) groups excluding carboxylic acids is 2. The minimum atomic E-state index is 0.0618. The van der Waals surface area contributed by atoms with Crippen LogP contribution in [0.15, 0.2) is 24.3 Å². The summed E-state index contributed by atoms with van der Waals surface area (Å²) in [6, 6.07) is 8.20. The summed E-state index contributed by atoms with van der Waals surface area (Å²) in [6.45, 7) is 9.73. The maximum atomic E-state index is 12.5. The normalized spacial score (nSPS) is 24.7. The van der Waals surface area contributed by atoms with Crippen LogP contribution in [0.1, 0.15) is 12.8 Å². The Hall–Kier alpha value is -2.16. The molecule has 3 N–H and O–H groups in total. The van der Waals surface area contributed by atoms with E-state index in [4.69, 9.17) is 4.74 Å². The van der Waals surface area contributed by atoms with Gasteiger partial charge in [0.15, 0.2) is 13.1 Å². The summed E-state index contributed by atoms with van der Waals surface area (Å²) in [5.74, 6) is 0.290. The van der Waals surface area contributed by atoms with Crippen molar-refractivity contribution < 1.29 is 24.1 Å². The van der Waals surface area contributed by atoms with E-state index in [2.05, 4.69) is 22.3 Å². The number of rotatable bonds is 6. The Morgan fingerprint density at radius 2 is 1.47 bits per heavy atom. The molecule has 0 radical (unpaired) electrons. The molecule has 0 aliphatic carbocycles. The highest BCUT2D eigenvalue weighted by atomic mass is 16.5. The van der Waals surface area contributed by atoms with Crippen LogP contribution in [0, 0.1) is 0 Å². The summed E-state index contributed by atoms with van der Waals surface area (Å²) in [7, 11) is 0. The third-order valence-corrected chi connectivity index (χ3v) is 6.46. The number of hydrogen-bond acceptors (Lipinski definition) is 4. The smallest absolute Gasteiger partial charge is 0.279 e. The molecule has 0 unspecified atom stereocenters. The average molecular weight is 418 g/mol. The first kappa shape index (κ1) is 21.1. The SMILES string of the molecule is O=C(C[NH+]1CC[NH+](CC(=O)N2CCOCC2)CC1)Nc1ccc(N2CCCC2)cc1. The second-order valence-electron chi connectivity index (χ2n) is 8.64. The molecular weight excluding hydrogens is 382 g/mol. The highest BCUT2D eigenvalue weighted by molar-refractivity contribution is 5.91. The lowest BCUT2D eigenvalue weighted by molar-refractivity contribution is -1.00. The molecule has 30 heavy (non-hydrogen) atoms. The van der Waals surface area contributed by atoms with E-state index >= 15 is 0 Å². The first-order valence-electron chi connectivity index (χ1n) is 11.3. The highest BCUT2D eigenvalue weighted by Crippen LogP contribution is 2.21. The molecule has 3 aliphatic rings. The van der Waals surface area contributed by atoms with E-state index in [-0.39, 0.29) is 11.8 Å². The van der Waals surface area contributed by atoms with Gasteiger partial charge in [0.05, 0.1) is 13.2 Å². The molecule has 0 aromatic heterocycles. The molecule has 2 amide bonds. The second kappa shape index (κ2) is 10.2. The topological polar surface area (TPSA) is 70.8 Å². The summed E-state index contributed by atoms with van der Waals surface area (Å²) in [5, 5.41) is 3.04. The third kappa shape index (κ3) is 5.71. The van der Waals surface area contributed by atoms with Crippen molar-refractivity contribution in [2.24, 2.45) is 0 Å². The predicted octanol–water partition coefficient (Wildman–Crippen LogP) is -2.13. The van der Waals surface area contributed by atoms with E-state index in [0.717, 1.165) is 45.0 Å². The number of nitrogens with zero attached hydrogens (tertiary/aromatic N) is 2. The fourth-order valence-corrected chi connectivity index (χ4v) is 4.61. The van der Waals surface area contributed by atoms with Crippen molar-refractivity contribution in [3.8, 4) is 0 Å². The van der Waals surface area contributed by atoms with Gasteiger partial charge in [-0.15, -0.1) is 0 Å². The maximum absolute atomic E-state index is 12.5. The lowest BCUT2D eigenvalue weighted by atomic mass is 10.2. The van der Waals surface area contributed by atoms with Gasteiger partial charge in [0.25, 0.3) is 11.8 Å². The van der Waals surface area contributed by atoms with Crippen molar-refractivity contribution in [1.29, 1.82) is 0 Å². The molecular formula is C22H35N5O3+2. The Bertz CT molecular complexity index is 706. The number of morpholine rings is 1. The standard InChI is InChI=1S/C22H33N5O3/c28-21(23-19-3-5-20(6-4-19)26-7-1-2-8-26)17-24-9-11-25(12-10-24)18-22(29)27-13-15-30-16-14-27/h3-6H,1-2,7-18H2,(H,23,28)/p+2. The van der Waals surface area contributed by atoms with Gasteiger partial charge in [-0.05, 0) is 37.1 Å². The Morgan fingerprint density at radius 3 is 2.10 bits per heavy atom. The number of benzene rings is 1. The molecule has 0 spiro atoms. The van der Waals surface area contributed by atoms with Crippen LogP contribution in [0.2, 0.25) is 0 Å². The zero-order valence-electron chi connectivity index (χ0n) is 17.8. The van der Waals surface area contributed by atoms with E-state index in [1.165, 1.54) is 28.3 Å². The largest absolute Gasteiger partial charge is 0.378 e. The molecule has 8 heteroatoms. The first-order valence-corrected chi connectivity index (χ1v) is 11.3. The molecule has 3 heterocycles. The average Bonchev–Trinajstić information content (AvgIpc) is 3.31. The minimum absolute atomic E-state index is 0.0618. The summed E-state index contributed by atoms with van der Waals surface area (Å²) in [4.78, 5) is 31.8. The van der Waals surface area contributed by atoms with Gasteiger partial charge in [0.2, 0.25) is 0 Å². The molecule has 1 aromatic carbocycles. The van der Waals surface area contributed by atoms with Crippen molar-refractivity contribution in [3.63, 3.8) is 0 Å². The fourth-order valence-electron chi connectivity index (χ4n) is 4.61. The van der Waals surface area contributed by atoms with Gasteiger partial charge in [-0.2, -0.15) is 0 Å². The molecule has 3 saturated heterocycles. The van der Waals surface area contributed by atoms with Crippen LogP contribution in [0.5, 0.6) is 0 Å². The molecule has 1 aromatic rings. The Labute approximate surface area is 178 Å². The molecule has 0 atom stereocenters. The number of nitrogens with one attached hydrogen (secondary N) is 3. The molecule has 3 fully saturated rings. The van der Waals surface area contributed by atoms with Crippen LogP contribution >= 0.6 is 0 Å². The zero-order chi connectivity index (χ0) is 20.8. The van der Waals surface area contributed by atoms with Crippen molar-refractivity contribution in [2.75, 3.05) is 88.9 Å². The van der Waals surface area contributed by atoms with Crippen molar-refractivity contribution in [2.45, 2.75) is 12.8 Å². The predicted molar refractivity (Wildman–Crippen MR) is 115 cm³/mol. The number of piperazine rings is 1. The van der Waals surface area contributed by atoms with Crippen molar-refractivity contribution in [3.05, 3.63) is 24.3 Å². The van der Waals surface area contributed by atoms with Gasteiger partial charge in [0.1, 0.15) is 26.2 Å². The number of amides is 2. The molecule has 0 saturated carbocycles. The number of quaternary nitrogens is 2. The van der Waals surface area contributed by atoms with Crippen LogP contribution in [-0.4, -0.2) is 95.4 Å². The summed E-state index contributed by atoms with van der Waals surface area (Å²) in [5.41, 5.74) is 2.10. The van der Waals surface area contributed by atoms with Crippen molar-refractivity contribution >= 4 is 23.2 Å². The quantitative estimate of drug-likeness (QED) is 0.495. The lowest BCUT2D eigenvalue weighted by Gasteiger charge is -2.31. The number of ether oxygens (including phenoxy) is 1. The van der Waals surface area contributed by atoms with Crippen LogP contribution < -0.4 is 20.0 Å². The van der Waals surface area contributed by atoms with Crippen LogP contribution in [0.25, 0.3) is 0 Å². The first-order chi connectivity index (χ1) is 14.7. The van der Waals surface area contributed by atoms with Crippen molar-refractivity contribution in [1.82, 2.24) is 4.90 Å². The van der Waals surface area contributed by atoms with Gasteiger partial charge in [-0.3, -0.25) is 9.59 Å². The van der Waals surface area contributed by atoms with Gasteiger partial charge in [0, 0.05) is 37.6 Å². The van der Waals surface area contributed by atoms with Gasteiger partial charge >= 0.3 is 0 Å². The monoisotopic (exact) mass is 417 g/mol. The van der Waals surface area contributed by atoms with Gasteiger partial charge < -0.3 is 29.7 Å². The Kier molecular flexibility index (Phi) is 7.20. The van der Waals surface area contributed by atoms with Gasteiger partial charge in [-0.25, -0.2) is 0 Å². The minimum Gasteiger partial charge on any atom is -0.378 e.